The summed E-state index contributed by atoms with van der Waals surface area (Å²) in [7, 11) is 0. The number of hydrogen-bond donors (Lipinski definition) is 2. The van der Waals surface area contributed by atoms with Crippen LogP contribution in [0.5, 0.6) is 0 Å². The number of carboxylic acids is 2. The summed E-state index contributed by atoms with van der Waals surface area (Å²) >= 11 is 0. The highest BCUT2D eigenvalue weighted by Crippen LogP contribution is 2.41. The molecule has 0 saturated carbocycles. The molecule has 2 rings (SSSR count). The van der Waals surface area contributed by atoms with Gasteiger partial charge in [-0.2, -0.15) is 0 Å². The molecule has 0 atom stereocenters. The molecule has 0 aromatic carbocycles. The van der Waals surface area contributed by atoms with E-state index in [0.717, 1.165) is 10.1 Å². The molecule has 8 heteroatoms. The first kappa shape index (κ1) is 24.8. The van der Waals surface area contributed by atoms with Crippen LogP contribution in [0.3, 0.4) is 0 Å². The summed E-state index contributed by atoms with van der Waals surface area (Å²) in [5, 5.41) is 43.7. The Balaban J connectivity index is 0.000000280. The predicted octanol–water partition coefficient (Wildman–Crippen LogP) is 3.37. The van der Waals surface area contributed by atoms with Gasteiger partial charge in [-0.15, -0.1) is 20.5 Å². The smallest absolute Gasteiger partial charge is 0.306 e. The van der Waals surface area contributed by atoms with E-state index in [1.165, 1.54) is 0 Å². The van der Waals surface area contributed by atoms with Crippen molar-refractivity contribution >= 4 is 11.9 Å². The van der Waals surface area contributed by atoms with Crippen LogP contribution in [0.2, 0.25) is 0 Å². The van der Waals surface area contributed by atoms with E-state index in [4.69, 9.17) is 10.2 Å². The zero-order chi connectivity index (χ0) is 22.3. The van der Waals surface area contributed by atoms with Crippen molar-refractivity contribution in [3.8, 4) is 0 Å². The van der Waals surface area contributed by atoms with Gasteiger partial charge in [-0.05, 0) is 81.1 Å². The molecule has 0 aliphatic carbocycles. The van der Waals surface area contributed by atoms with Gasteiger partial charge >= 0.3 is 11.9 Å². The summed E-state index contributed by atoms with van der Waals surface area (Å²) in [6, 6.07) is 0. The molecular formula is C20H36N2O6. The van der Waals surface area contributed by atoms with Crippen molar-refractivity contribution in [2.75, 3.05) is 0 Å². The molecule has 2 aliphatic rings. The summed E-state index contributed by atoms with van der Waals surface area (Å²) in [5.41, 5.74) is -2.31. The first-order chi connectivity index (χ1) is 12.3. The number of aliphatic carboxylic acids is 2. The van der Waals surface area contributed by atoms with Crippen LogP contribution >= 0.6 is 0 Å². The monoisotopic (exact) mass is 400 g/mol. The number of rotatable bonds is 2. The Labute approximate surface area is 168 Å². The molecule has 2 saturated heterocycles. The van der Waals surface area contributed by atoms with E-state index in [1.807, 2.05) is 0 Å². The van der Waals surface area contributed by atoms with Crippen molar-refractivity contribution in [3.63, 3.8) is 0 Å². The average Bonchev–Trinajstić information content (AvgIpc) is 2.49. The second-order valence-electron chi connectivity index (χ2n) is 10.7. The van der Waals surface area contributed by atoms with Crippen molar-refractivity contribution in [1.82, 2.24) is 10.1 Å². The second-order valence-corrected chi connectivity index (χ2v) is 10.7. The molecule has 2 aliphatic heterocycles. The van der Waals surface area contributed by atoms with E-state index in [9.17, 15) is 20.0 Å². The minimum absolute atomic E-state index is 0.398. The first-order valence-corrected chi connectivity index (χ1v) is 9.74. The van der Waals surface area contributed by atoms with E-state index in [-0.39, 0.29) is 0 Å². The van der Waals surface area contributed by atoms with Gasteiger partial charge in [-0.1, -0.05) is 0 Å². The van der Waals surface area contributed by atoms with Gasteiger partial charge in [0, 0.05) is 22.2 Å². The molecule has 8 nitrogen and oxygen atoms in total. The van der Waals surface area contributed by atoms with Crippen LogP contribution in [0.15, 0.2) is 0 Å². The number of piperidine rings is 2. The van der Waals surface area contributed by atoms with E-state index in [1.54, 1.807) is 55.4 Å². The molecule has 2 radical (unpaired) electrons. The topological polar surface area (TPSA) is 121 Å². The van der Waals surface area contributed by atoms with Crippen LogP contribution in [-0.2, 0) is 20.0 Å². The van der Waals surface area contributed by atoms with Gasteiger partial charge in [0.1, 0.15) is 0 Å². The third-order valence-corrected chi connectivity index (χ3v) is 5.88. The zero-order valence-electron chi connectivity index (χ0n) is 18.4. The van der Waals surface area contributed by atoms with E-state index >= 15 is 0 Å². The molecule has 162 valence electrons. The van der Waals surface area contributed by atoms with Crippen molar-refractivity contribution in [2.24, 2.45) is 11.8 Å². The first-order valence-electron chi connectivity index (χ1n) is 9.74. The Morgan fingerprint density at radius 3 is 0.929 bits per heavy atom. The van der Waals surface area contributed by atoms with Crippen LogP contribution in [0.1, 0.15) is 81.1 Å². The number of hydrogen-bond acceptors (Lipinski definition) is 4. The minimum Gasteiger partial charge on any atom is -0.481 e. The highest BCUT2D eigenvalue weighted by molar-refractivity contribution is 5.71. The fraction of sp³-hybridized carbons (Fsp3) is 0.900. The van der Waals surface area contributed by atoms with Gasteiger partial charge in [0.25, 0.3) is 0 Å². The Morgan fingerprint density at radius 1 is 0.607 bits per heavy atom. The molecule has 0 amide bonds. The van der Waals surface area contributed by atoms with Crippen LogP contribution in [-0.4, -0.2) is 54.4 Å². The van der Waals surface area contributed by atoms with Gasteiger partial charge < -0.3 is 10.2 Å². The summed E-state index contributed by atoms with van der Waals surface area (Å²) < 4.78 is 0. The van der Waals surface area contributed by atoms with E-state index < -0.39 is 45.9 Å². The Bertz CT molecular complexity index is 512. The largest absolute Gasteiger partial charge is 0.481 e. The third-order valence-electron chi connectivity index (χ3n) is 5.88. The Hall–Kier alpha value is -1.22. The molecule has 0 spiro atoms. The Kier molecular flexibility index (Phi) is 7.00. The van der Waals surface area contributed by atoms with Gasteiger partial charge in [-0.25, -0.2) is 0 Å². The average molecular weight is 401 g/mol. The van der Waals surface area contributed by atoms with Crippen molar-refractivity contribution in [2.45, 2.75) is 103 Å². The fourth-order valence-electron chi connectivity index (χ4n) is 4.88. The lowest BCUT2D eigenvalue weighted by molar-refractivity contribution is -0.293. The molecule has 2 heterocycles. The molecule has 2 N–H and O–H groups in total. The summed E-state index contributed by atoms with van der Waals surface area (Å²) in [4.78, 5) is 21.8. The van der Waals surface area contributed by atoms with Gasteiger partial charge in [0.05, 0.1) is 11.8 Å². The van der Waals surface area contributed by atoms with Crippen LogP contribution < -0.4 is 0 Å². The third kappa shape index (κ3) is 5.43. The summed E-state index contributed by atoms with van der Waals surface area (Å²) in [5.74, 6) is -2.38. The number of hydroxylamine groups is 4. The molecule has 2 fully saturated rings. The number of carboxylic acid groups (broad SMARTS) is 2. The lowest BCUT2D eigenvalue weighted by Gasteiger charge is -2.48. The van der Waals surface area contributed by atoms with Gasteiger partial charge in [0.15, 0.2) is 0 Å². The predicted molar refractivity (Wildman–Crippen MR) is 102 cm³/mol. The highest BCUT2D eigenvalue weighted by Gasteiger charge is 2.49. The van der Waals surface area contributed by atoms with E-state index in [2.05, 4.69) is 0 Å². The quantitative estimate of drug-likeness (QED) is 0.733. The van der Waals surface area contributed by atoms with Crippen molar-refractivity contribution < 1.29 is 30.2 Å². The molecular weight excluding hydrogens is 364 g/mol. The van der Waals surface area contributed by atoms with E-state index in [0.29, 0.717) is 25.7 Å². The van der Waals surface area contributed by atoms with Gasteiger partial charge in [-0.3, -0.25) is 9.59 Å². The molecule has 0 aromatic rings. The Morgan fingerprint density at radius 2 is 0.786 bits per heavy atom. The van der Waals surface area contributed by atoms with Crippen LogP contribution in [0, 0.1) is 11.8 Å². The van der Waals surface area contributed by atoms with Crippen molar-refractivity contribution in [1.29, 1.82) is 0 Å². The molecule has 0 unspecified atom stereocenters. The fourth-order valence-corrected chi connectivity index (χ4v) is 4.88. The second kappa shape index (κ2) is 7.89. The highest BCUT2D eigenvalue weighted by atomic mass is 16.5. The molecule has 0 aromatic heterocycles. The van der Waals surface area contributed by atoms with Crippen LogP contribution in [0.4, 0.5) is 0 Å². The standard InChI is InChI=1S/2C10H18NO3/c2*1-9(2)5-7(8(12)13)6-10(3,4)11(9)14/h2*7H,5-6H2,1-4H3,(H,12,13). The molecule has 0 bridgehead atoms. The summed E-state index contributed by atoms with van der Waals surface area (Å²) in [6.07, 6.45) is 1.70. The normalized spacial score (nSPS) is 27.5. The SMILES string of the molecule is CC1(C)CC(C(=O)O)CC(C)(C)N1[O].CC1(C)CC(C(=O)O)CC(C)(C)N1[O]. The minimum atomic E-state index is -0.792. The summed E-state index contributed by atoms with van der Waals surface area (Å²) in [6.45, 7) is 14.4. The maximum Gasteiger partial charge on any atom is 0.306 e. The lowest BCUT2D eigenvalue weighted by Crippen LogP contribution is -2.59. The van der Waals surface area contributed by atoms with Gasteiger partial charge in [0.2, 0.25) is 0 Å². The maximum absolute atomic E-state index is 11.9. The van der Waals surface area contributed by atoms with Crippen LogP contribution in [0.25, 0.3) is 0 Å². The number of carbonyl (C=O) groups is 2. The van der Waals surface area contributed by atoms with Crippen molar-refractivity contribution in [3.05, 3.63) is 0 Å². The lowest BCUT2D eigenvalue weighted by atomic mass is 9.75. The number of nitrogens with zero attached hydrogens (tertiary/aromatic N) is 2. The molecule has 28 heavy (non-hydrogen) atoms. The maximum atomic E-state index is 11.9. The zero-order valence-corrected chi connectivity index (χ0v) is 18.4.